The molecule has 3 rings (SSSR count). The second kappa shape index (κ2) is 8.86. The van der Waals surface area contributed by atoms with Gasteiger partial charge in [-0.25, -0.2) is 9.78 Å². The van der Waals surface area contributed by atoms with Crippen LogP contribution in [0.2, 0.25) is 0 Å². The molecule has 160 valence electrons. The van der Waals surface area contributed by atoms with Crippen LogP contribution in [0.5, 0.6) is 0 Å². The molecule has 2 heterocycles. The molecule has 0 bridgehead atoms. The molecule has 0 radical (unpaired) electrons. The third-order valence-electron chi connectivity index (χ3n) is 4.01. The summed E-state index contributed by atoms with van der Waals surface area (Å²) in [4.78, 5) is 59.9. The molecule has 1 atom stereocenters. The van der Waals surface area contributed by atoms with Crippen LogP contribution in [-0.4, -0.2) is 55.3 Å². The fourth-order valence-electron chi connectivity index (χ4n) is 2.52. The van der Waals surface area contributed by atoms with Crippen molar-refractivity contribution in [2.45, 2.75) is 18.9 Å². The SMILES string of the molecule is Nc1nc2oc(C=Nc3ccc(C(=O)NC(CCC(=O)O)C(=O)O)cc3)nc2c(=O)[nH]1. The van der Waals surface area contributed by atoms with Gasteiger partial charge in [-0.05, 0) is 30.7 Å². The molecule has 3 aromatic rings. The van der Waals surface area contributed by atoms with Crippen LogP contribution in [-0.2, 0) is 9.59 Å². The van der Waals surface area contributed by atoms with Crippen LogP contribution < -0.4 is 16.6 Å². The van der Waals surface area contributed by atoms with Gasteiger partial charge in [0.1, 0.15) is 6.04 Å². The number of hydrogen-bond donors (Lipinski definition) is 5. The first kappa shape index (κ1) is 21.2. The molecule has 0 aliphatic carbocycles. The summed E-state index contributed by atoms with van der Waals surface area (Å²) in [5.74, 6) is -3.26. The first-order valence-electron chi connectivity index (χ1n) is 8.79. The Morgan fingerprint density at radius 1 is 1.23 bits per heavy atom. The number of H-pyrrole nitrogens is 1. The van der Waals surface area contributed by atoms with E-state index in [2.05, 4.69) is 25.3 Å². The minimum absolute atomic E-state index is 0.0168. The van der Waals surface area contributed by atoms with E-state index in [0.717, 1.165) is 0 Å². The third-order valence-corrected chi connectivity index (χ3v) is 4.01. The number of rotatable bonds is 8. The molecule has 0 fully saturated rings. The Morgan fingerprint density at radius 3 is 2.58 bits per heavy atom. The van der Waals surface area contributed by atoms with Gasteiger partial charge in [0.2, 0.25) is 11.8 Å². The maximum absolute atomic E-state index is 12.2. The van der Waals surface area contributed by atoms with Crippen LogP contribution in [0.4, 0.5) is 11.6 Å². The molecule has 1 unspecified atom stereocenters. The van der Waals surface area contributed by atoms with Crippen LogP contribution in [0.25, 0.3) is 11.2 Å². The smallest absolute Gasteiger partial charge is 0.326 e. The molecular formula is C18H16N6O7. The van der Waals surface area contributed by atoms with E-state index in [1.54, 1.807) is 0 Å². The number of aliphatic imine (C=N–C) groups is 1. The van der Waals surface area contributed by atoms with Crippen molar-refractivity contribution in [1.29, 1.82) is 0 Å². The number of oxazole rings is 1. The van der Waals surface area contributed by atoms with Gasteiger partial charge in [0, 0.05) is 12.0 Å². The molecule has 13 heteroatoms. The highest BCUT2D eigenvalue weighted by Crippen LogP contribution is 2.15. The molecule has 31 heavy (non-hydrogen) atoms. The highest BCUT2D eigenvalue weighted by atomic mass is 16.4. The van der Waals surface area contributed by atoms with Crippen molar-refractivity contribution in [3.8, 4) is 0 Å². The number of nitrogen functional groups attached to an aromatic ring is 1. The van der Waals surface area contributed by atoms with Crippen molar-refractivity contribution in [3.63, 3.8) is 0 Å². The molecule has 1 amide bonds. The second-order valence-electron chi connectivity index (χ2n) is 6.26. The molecule has 0 spiro atoms. The number of aromatic nitrogens is 3. The van der Waals surface area contributed by atoms with E-state index in [9.17, 15) is 19.2 Å². The monoisotopic (exact) mass is 428 g/mol. The Kier molecular flexibility index (Phi) is 6.05. The number of amides is 1. The molecule has 2 aromatic heterocycles. The number of carboxylic acids is 2. The fraction of sp³-hybridized carbons (Fsp3) is 0.167. The third kappa shape index (κ3) is 5.29. The van der Waals surface area contributed by atoms with Crippen LogP contribution >= 0.6 is 0 Å². The minimum atomic E-state index is -1.33. The normalized spacial score (nSPS) is 12.1. The minimum Gasteiger partial charge on any atom is -0.481 e. The first-order chi connectivity index (χ1) is 14.7. The predicted molar refractivity (Wildman–Crippen MR) is 106 cm³/mol. The van der Waals surface area contributed by atoms with Crippen LogP contribution in [0.1, 0.15) is 29.1 Å². The summed E-state index contributed by atoms with van der Waals surface area (Å²) in [5, 5.41) is 20.1. The Bertz CT molecular complexity index is 1230. The molecule has 1 aromatic carbocycles. The van der Waals surface area contributed by atoms with Gasteiger partial charge in [-0.2, -0.15) is 4.98 Å². The number of nitrogens with two attached hydrogens (primary N) is 1. The Labute approximate surface area is 172 Å². The second-order valence-corrected chi connectivity index (χ2v) is 6.26. The molecule has 6 N–H and O–H groups in total. The number of fused-ring (bicyclic) bond motifs is 1. The van der Waals surface area contributed by atoms with Gasteiger partial charge in [-0.1, -0.05) is 0 Å². The van der Waals surface area contributed by atoms with Crippen LogP contribution in [0.15, 0.2) is 38.5 Å². The van der Waals surface area contributed by atoms with E-state index in [0.29, 0.717) is 5.69 Å². The van der Waals surface area contributed by atoms with Gasteiger partial charge in [0.25, 0.3) is 17.2 Å². The Hall–Kier alpha value is -4.55. The number of hydrogen-bond acceptors (Lipinski definition) is 9. The lowest BCUT2D eigenvalue weighted by atomic mass is 10.1. The average Bonchev–Trinajstić information content (AvgIpc) is 3.12. The fourth-order valence-corrected chi connectivity index (χ4v) is 2.52. The standard InChI is InChI=1S/C18H16N6O7/c19-18-23-15(28)13-16(24-18)31-11(22-13)7-20-9-3-1-8(2-4-9)14(27)21-10(17(29)30)5-6-12(25)26/h1-4,7,10H,5-6H2,(H,21,27)(H,25,26)(H,29,30)(H3,19,23,24,28). The summed E-state index contributed by atoms with van der Waals surface area (Å²) >= 11 is 0. The Balaban J connectivity index is 1.69. The summed E-state index contributed by atoms with van der Waals surface area (Å²) in [5.41, 5.74) is 5.40. The zero-order valence-corrected chi connectivity index (χ0v) is 15.7. The Morgan fingerprint density at radius 2 is 1.94 bits per heavy atom. The van der Waals surface area contributed by atoms with E-state index < -0.39 is 35.9 Å². The summed E-state index contributed by atoms with van der Waals surface area (Å²) in [6.45, 7) is 0. The number of aromatic amines is 1. The maximum atomic E-state index is 12.2. The summed E-state index contributed by atoms with van der Waals surface area (Å²) < 4.78 is 5.29. The number of nitrogens with one attached hydrogen (secondary N) is 2. The zero-order valence-electron chi connectivity index (χ0n) is 15.7. The topological polar surface area (TPSA) is 214 Å². The zero-order chi connectivity index (χ0) is 22.5. The van der Waals surface area contributed by atoms with Gasteiger partial charge in [0.05, 0.1) is 11.9 Å². The molecule has 0 aliphatic rings. The van der Waals surface area contributed by atoms with Crippen molar-refractivity contribution in [2.24, 2.45) is 4.99 Å². The number of benzene rings is 1. The van der Waals surface area contributed by atoms with Gasteiger partial charge in [-0.3, -0.25) is 24.4 Å². The highest BCUT2D eigenvalue weighted by molar-refractivity contribution is 5.97. The molecule has 0 saturated carbocycles. The van der Waals surface area contributed by atoms with E-state index in [4.69, 9.17) is 20.4 Å². The number of carbonyl (C=O) groups excluding carboxylic acids is 1. The largest absolute Gasteiger partial charge is 0.481 e. The summed E-state index contributed by atoms with van der Waals surface area (Å²) in [6, 6.07) is 4.48. The molecule has 13 nitrogen and oxygen atoms in total. The van der Waals surface area contributed by atoms with Crippen LogP contribution in [0.3, 0.4) is 0 Å². The van der Waals surface area contributed by atoms with Gasteiger partial charge in [0.15, 0.2) is 5.52 Å². The van der Waals surface area contributed by atoms with Gasteiger partial charge < -0.3 is 25.7 Å². The van der Waals surface area contributed by atoms with Crippen molar-refractivity contribution in [3.05, 3.63) is 46.1 Å². The molecular weight excluding hydrogens is 412 g/mol. The lowest BCUT2D eigenvalue weighted by molar-refractivity contribution is -0.140. The van der Waals surface area contributed by atoms with Crippen molar-refractivity contribution >= 4 is 46.9 Å². The number of carboxylic acid groups (broad SMARTS) is 2. The predicted octanol–water partition coefficient (Wildman–Crippen LogP) is 0.292. The van der Waals surface area contributed by atoms with Crippen LogP contribution in [0, 0.1) is 0 Å². The van der Waals surface area contributed by atoms with Gasteiger partial charge >= 0.3 is 11.9 Å². The van der Waals surface area contributed by atoms with E-state index in [1.165, 1.54) is 30.5 Å². The maximum Gasteiger partial charge on any atom is 0.326 e. The number of anilines is 1. The number of nitrogens with zero attached hydrogens (tertiary/aromatic N) is 3. The van der Waals surface area contributed by atoms with Crippen molar-refractivity contribution in [1.82, 2.24) is 20.3 Å². The van der Waals surface area contributed by atoms with Crippen molar-refractivity contribution < 1.29 is 29.0 Å². The number of aliphatic carboxylic acids is 2. The number of carbonyl (C=O) groups is 3. The van der Waals surface area contributed by atoms with E-state index >= 15 is 0 Å². The lowest BCUT2D eigenvalue weighted by Gasteiger charge is -2.13. The van der Waals surface area contributed by atoms with E-state index in [-0.39, 0.29) is 35.1 Å². The highest BCUT2D eigenvalue weighted by Gasteiger charge is 2.21. The molecule has 0 saturated heterocycles. The quantitative estimate of drug-likeness (QED) is 0.309. The summed E-state index contributed by atoms with van der Waals surface area (Å²) in [7, 11) is 0. The van der Waals surface area contributed by atoms with Gasteiger partial charge in [-0.15, -0.1) is 0 Å². The first-order valence-corrected chi connectivity index (χ1v) is 8.79. The average molecular weight is 428 g/mol. The van der Waals surface area contributed by atoms with Crippen molar-refractivity contribution in [2.75, 3.05) is 5.73 Å². The summed E-state index contributed by atoms with van der Waals surface area (Å²) in [6.07, 6.45) is 0.611. The lowest BCUT2D eigenvalue weighted by Crippen LogP contribution is -2.41. The molecule has 0 aliphatic heterocycles. The van der Waals surface area contributed by atoms with E-state index in [1.807, 2.05) is 0 Å².